The van der Waals surface area contributed by atoms with Gasteiger partial charge in [-0.05, 0) is 37.5 Å². The summed E-state index contributed by atoms with van der Waals surface area (Å²) in [6.07, 6.45) is 6.66. The molecule has 1 aliphatic heterocycles. The van der Waals surface area contributed by atoms with Crippen molar-refractivity contribution in [2.24, 2.45) is 0 Å². The standard InChI is InChI=1S/C18H25N5O2/c1-25-16-11-15(12-22-10-8-17(19)21-22)23(13-16)18(24)7-4-6-14-5-2-3-9-20-14/h2-3,5,8-10,15-16H,4,6-7,11-13H2,1H3,(H2,19,21)/t15-,16-/m0/s1. The Hall–Kier alpha value is -2.41. The first kappa shape index (κ1) is 17.4. The Bertz CT molecular complexity index is 688. The number of nitrogens with two attached hydrogens (primary N) is 1. The SMILES string of the molecule is CO[C@H]1C[C@@H](Cn2ccc(N)n2)N(C(=O)CCCc2ccccn2)C1. The van der Waals surface area contributed by atoms with Gasteiger partial charge >= 0.3 is 0 Å². The average molecular weight is 343 g/mol. The van der Waals surface area contributed by atoms with Crippen LogP contribution in [0.15, 0.2) is 36.7 Å². The fourth-order valence-corrected chi connectivity index (χ4v) is 3.33. The normalized spacial score (nSPS) is 20.1. The molecule has 7 heteroatoms. The molecule has 25 heavy (non-hydrogen) atoms. The van der Waals surface area contributed by atoms with Crippen LogP contribution in [0, 0.1) is 0 Å². The molecule has 0 aromatic carbocycles. The van der Waals surface area contributed by atoms with Crippen LogP contribution in [0.2, 0.25) is 0 Å². The lowest BCUT2D eigenvalue weighted by atomic mass is 10.1. The van der Waals surface area contributed by atoms with Crippen LogP contribution in [0.3, 0.4) is 0 Å². The number of rotatable bonds is 7. The molecule has 0 unspecified atom stereocenters. The van der Waals surface area contributed by atoms with Crippen LogP contribution in [0.1, 0.15) is 25.0 Å². The second kappa shape index (κ2) is 8.11. The molecule has 3 heterocycles. The predicted octanol–water partition coefficient (Wildman–Crippen LogP) is 1.50. The molecule has 1 fully saturated rings. The molecule has 7 nitrogen and oxygen atoms in total. The van der Waals surface area contributed by atoms with E-state index in [-0.39, 0.29) is 18.1 Å². The zero-order valence-corrected chi connectivity index (χ0v) is 14.5. The van der Waals surface area contributed by atoms with Crippen molar-refractivity contribution in [2.75, 3.05) is 19.4 Å². The van der Waals surface area contributed by atoms with Gasteiger partial charge in [0.25, 0.3) is 0 Å². The number of nitrogen functional groups attached to an aromatic ring is 1. The van der Waals surface area contributed by atoms with E-state index in [1.165, 1.54) is 0 Å². The second-order valence-corrected chi connectivity index (χ2v) is 6.43. The van der Waals surface area contributed by atoms with Gasteiger partial charge in [-0.2, -0.15) is 5.10 Å². The highest BCUT2D eigenvalue weighted by Gasteiger charge is 2.35. The molecule has 0 saturated carbocycles. The number of ether oxygens (including phenoxy) is 1. The van der Waals surface area contributed by atoms with Gasteiger partial charge < -0.3 is 15.4 Å². The Labute approximate surface area is 147 Å². The largest absolute Gasteiger partial charge is 0.382 e. The number of aromatic nitrogens is 3. The van der Waals surface area contributed by atoms with Gasteiger partial charge in [-0.3, -0.25) is 14.5 Å². The topological polar surface area (TPSA) is 86.3 Å². The fraction of sp³-hybridized carbons (Fsp3) is 0.500. The van der Waals surface area contributed by atoms with Gasteiger partial charge in [-0.15, -0.1) is 0 Å². The highest BCUT2D eigenvalue weighted by Crippen LogP contribution is 2.23. The van der Waals surface area contributed by atoms with Crippen molar-refractivity contribution in [3.63, 3.8) is 0 Å². The first-order valence-corrected chi connectivity index (χ1v) is 8.67. The molecule has 0 radical (unpaired) electrons. The summed E-state index contributed by atoms with van der Waals surface area (Å²) in [6, 6.07) is 7.72. The van der Waals surface area contributed by atoms with Gasteiger partial charge in [-0.25, -0.2) is 0 Å². The smallest absolute Gasteiger partial charge is 0.222 e. The number of pyridine rings is 1. The average Bonchev–Trinajstić information content (AvgIpc) is 3.22. The number of methoxy groups -OCH3 is 1. The molecule has 3 rings (SSSR count). The fourth-order valence-electron chi connectivity index (χ4n) is 3.33. The minimum absolute atomic E-state index is 0.0812. The number of anilines is 1. The summed E-state index contributed by atoms with van der Waals surface area (Å²) in [5.41, 5.74) is 6.70. The van der Waals surface area contributed by atoms with Crippen molar-refractivity contribution in [1.82, 2.24) is 19.7 Å². The van der Waals surface area contributed by atoms with Crippen LogP contribution in [0.4, 0.5) is 5.82 Å². The van der Waals surface area contributed by atoms with Gasteiger partial charge in [0.05, 0.1) is 18.7 Å². The molecule has 134 valence electrons. The van der Waals surface area contributed by atoms with Crippen molar-refractivity contribution in [3.05, 3.63) is 42.4 Å². The number of amides is 1. The minimum atomic E-state index is 0.0812. The minimum Gasteiger partial charge on any atom is -0.382 e. The Morgan fingerprint density at radius 3 is 2.96 bits per heavy atom. The quantitative estimate of drug-likeness (QED) is 0.823. The molecule has 0 spiro atoms. The van der Waals surface area contributed by atoms with Gasteiger partial charge in [0.2, 0.25) is 5.91 Å². The van der Waals surface area contributed by atoms with Crippen LogP contribution >= 0.6 is 0 Å². The lowest BCUT2D eigenvalue weighted by Crippen LogP contribution is -2.38. The van der Waals surface area contributed by atoms with Crippen LogP contribution < -0.4 is 5.73 Å². The molecule has 0 bridgehead atoms. The molecule has 1 saturated heterocycles. The number of nitrogens with zero attached hydrogens (tertiary/aromatic N) is 4. The molecule has 2 aromatic rings. The molecule has 0 aliphatic carbocycles. The first-order chi connectivity index (χ1) is 12.2. The van der Waals surface area contributed by atoms with Gasteiger partial charge in [0, 0.05) is 38.2 Å². The van der Waals surface area contributed by atoms with Crippen molar-refractivity contribution in [1.29, 1.82) is 0 Å². The first-order valence-electron chi connectivity index (χ1n) is 8.67. The third-order valence-corrected chi connectivity index (χ3v) is 4.64. The van der Waals surface area contributed by atoms with Crippen molar-refractivity contribution in [2.45, 2.75) is 44.4 Å². The summed E-state index contributed by atoms with van der Waals surface area (Å²) in [5.74, 6) is 0.662. The Balaban J connectivity index is 1.56. The molecule has 2 N–H and O–H groups in total. The molecular formula is C18H25N5O2. The zero-order valence-electron chi connectivity index (χ0n) is 14.5. The molecule has 2 atom stereocenters. The highest BCUT2D eigenvalue weighted by molar-refractivity contribution is 5.77. The molecule has 1 aliphatic rings. The molecule has 2 aromatic heterocycles. The monoisotopic (exact) mass is 343 g/mol. The van der Waals surface area contributed by atoms with Crippen LogP contribution in [0.5, 0.6) is 0 Å². The summed E-state index contributed by atoms with van der Waals surface area (Å²) in [7, 11) is 1.70. The van der Waals surface area contributed by atoms with Crippen molar-refractivity contribution < 1.29 is 9.53 Å². The maximum atomic E-state index is 12.7. The third kappa shape index (κ3) is 4.57. The summed E-state index contributed by atoms with van der Waals surface area (Å²) in [4.78, 5) is 18.9. The van der Waals surface area contributed by atoms with Gasteiger partial charge in [-0.1, -0.05) is 6.07 Å². The highest BCUT2D eigenvalue weighted by atomic mass is 16.5. The lowest BCUT2D eigenvalue weighted by molar-refractivity contribution is -0.132. The van der Waals surface area contributed by atoms with Crippen LogP contribution in [-0.4, -0.2) is 51.4 Å². The van der Waals surface area contributed by atoms with Crippen molar-refractivity contribution >= 4 is 11.7 Å². The van der Waals surface area contributed by atoms with Crippen LogP contribution in [0.25, 0.3) is 0 Å². The Morgan fingerprint density at radius 2 is 2.28 bits per heavy atom. The van der Waals surface area contributed by atoms with E-state index < -0.39 is 0 Å². The lowest BCUT2D eigenvalue weighted by Gasteiger charge is -2.24. The van der Waals surface area contributed by atoms with E-state index in [0.717, 1.165) is 25.0 Å². The summed E-state index contributed by atoms with van der Waals surface area (Å²) in [5, 5.41) is 4.23. The maximum Gasteiger partial charge on any atom is 0.222 e. The number of hydrogen-bond donors (Lipinski definition) is 1. The number of hydrogen-bond acceptors (Lipinski definition) is 5. The third-order valence-electron chi connectivity index (χ3n) is 4.64. The number of carbonyl (C=O) groups excluding carboxylic acids is 1. The van der Waals surface area contributed by atoms with Crippen LogP contribution in [-0.2, 0) is 22.5 Å². The Morgan fingerprint density at radius 1 is 1.40 bits per heavy atom. The van der Waals surface area contributed by atoms with Crippen molar-refractivity contribution in [3.8, 4) is 0 Å². The van der Waals surface area contributed by atoms with E-state index in [9.17, 15) is 4.79 Å². The van der Waals surface area contributed by atoms with E-state index in [2.05, 4.69) is 10.1 Å². The van der Waals surface area contributed by atoms with E-state index in [0.29, 0.717) is 25.3 Å². The summed E-state index contributed by atoms with van der Waals surface area (Å²) >= 11 is 0. The van der Waals surface area contributed by atoms with Gasteiger partial charge in [0.15, 0.2) is 0 Å². The zero-order chi connectivity index (χ0) is 17.6. The maximum absolute atomic E-state index is 12.7. The number of carbonyl (C=O) groups is 1. The predicted molar refractivity (Wildman–Crippen MR) is 94.7 cm³/mol. The van der Waals surface area contributed by atoms with E-state index in [4.69, 9.17) is 10.5 Å². The van der Waals surface area contributed by atoms with E-state index in [1.54, 1.807) is 24.1 Å². The molecular weight excluding hydrogens is 318 g/mol. The number of aryl methyl sites for hydroxylation is 1. The Kier molecular flexibility index (Phi) is 5.65. The molecule has 1 amide bonds. The van der Waals surface area contributed by atoms with E-state index in [1.807, 2.05) is 29.3 Å². The van der Waals surface area contributed by atoms with Gasteiger partial charge in [0.1, 0.15) is 5.82 Å². The number of likely N-dealkylation sites (tertiary alicyclic amines) is 1. The van der Waals surface area contributed by atoms with E-state index >= 15 is 0 Å². The summed E-state index contributed by atoms with van der Waals surface area (Å²) in [6.45, 7) is 1.28. The summed E-state index contributed by atoms with van der Waals surface area (Å²) < 4.78 is 7.28. The second-order valence-electron chi connectivity index (χ2n) is 6.43.